The molecule has 130 valence electrons. The summed E-state index contributed by atoms with van der Waals surface area (Å²) < 4.78 is 1.80. The first-order chi connectivity index (χ1) is 11.5. The zero-order chi connectivity index (χ0) is 17.3. The molecule has 2 aromatic rings. The number of fused-ring (bicyclic) bond motifs is 1. The lowest BCUT2D eigenvalue weighted by Gasteiger charge is -2.20. The fourth-order valence-electron chi connectivity index (χ4n) is 3.30. The molecule has 1 amide bonds. The molecule has 1 saturated heterocycles. The van der Waals surface area contributed by atoms with Gasteiger partial charge < -0.3 is 10.2 Å². The van der Waals surface area contributed by atoms with E-state index in [9.17, 15) is 4.79 Å². The summed E-state index contributed by atoms with van der Waals surface area (Å²) in [5.41, 5.74) is 1.78. The number of carbonyl (C=O) groups excluding carboxylic acids is 1. The van der Waals surface area contributed by atoms with Crippen LogP contribution in [0.25, 0.3) is 10.9 Å². The predicted octanol–water partition coefficient (Wildman–Crippen LogP) is 1.48. The zero-order valence-corrected chi connectivity index (χ0v) is 15.2. The highest BCUT2D eigenvalue weighted by atomic mass is 35.5. The topological polar surface area (TPSA) is 53.4 Å². The molecule has 0 saturated carbocycles. The summed E-state index contributed by atoms with van der Waals surface area (Å²) in [5.74, 6) is 0.0280. The Hall–Kier alpha value is -1.63. The molecule has 1 unspecified atom stereocenters. The average Bonchev–Trinajstić information content (AvgIpc) is 3.11. The quantitative estimate of drug-likeness (QED) is 0.888. The van der Waals surface area contributed by atoms with Crippen LogP contribution < -0.4 is 5.32 Å². The Balaban J connectivity index is 1.59. The lowest BCUT2D eigenvalue weighted by Crippen LogP contribution is -2.38. The first-order valence-corrected chi connectivity index (χ1v) is 8.59. The molecule has 3 rings (SSSR count). The molecule has 1 aliphatic heterocycles. The molecule has 24 heavy (non-hydrogen) atoms. The Labute approximate surface area is 147 Å². The third-order valence-electron chi connectivity index (χ3n) is 4.70. The minimum atomic E-state index is 0.0280. The summed E-state index contributed by atoms with van der Waals surface area (Å²) >= 11 is 6.30. The average molecular weight is 350 g/mol. The van der Waals surface area contributed by atoms with Crippen molar-refractivity contribution in [2.75, 3.05) is 33.7 Å². The third kappa shape index (κ3) is 3.55. The Kier molecular flexibility index (Phi) is 5.08. The SMILES string of the molecule is CN(C)C1CCN(CC(=O)NCc2nn(C)c3cccc(Cl)c23)C1. The van der Waals surface area contributed by atoms with Gasteiger partial charge in [-0.25, -0.2) is 0 Å². The second kappa shape index (κ2) is 7.09. The summed E-state index contributed by atoms with van der Waals surface area (Å²) in [5, 5.41) is 9.04. The van der Waals surface area contributed by atoms with Crippen molar-refractivity contribution in [1.29, 1.82) is 0 Å². The lowest BCUT2D eigenvalue weighted by atomic mass is 10.2. The number of nitrogens with one attached hydrogen (secondary N) is 1. The minimum absolute atomic E-state index is 0.0280. The summed E-state index contributed by atoms with van der Waals surface area (Å²) in [7, 11) is 6.06. The van der Waals surface area contributed by atoms with Crippen molar-refractivity contribution in [2.24, 2.45) is 7.05 Å². The van der Waals surface area contributed by atoms with Gasteiger partial charge in [-0.2, -0.15) is 5.10 Å². The highest BCUT2D eigenvalue weighted by Gasteiger charge is 2.25. The number of nitrogens with zero attached hydrogens (tertiary/aromatic N) is 4. The van der Waals surface area contributed by atoms with Crippen LogP contribution in [-0.2, 0) is 18.4 Å². The second-order valence-electron chi connectivity index (χ2n) is 6.62. The summed E-state index contributed by atoms with van der Waals surface area (Å²) in [6.45, 7) is 2.74. The molecule has 1 aromatic heterocycles. The van der Waals surface area contributed by atoms with Crippen LogP contribution in [-0.4, -0.2) is 65.3 Å². The van der Waals surface area contributed by atoms with Crippen LogP contribution in [0.1, 0.15) is 12.1 Å². The number of carbonyl (C=O) groups is 1. The fraction of sp³-hybridized carbons (Fsp3) is 0.529. The van der Waals surface area contributed by atoms with E-state index in [-0.39, 0.29) is 5.91 Å². The number of benzene rings is 1. The van der Waals surface area contributed by atoms with Crippen molar-refractivity contribution in [3.63, 3.8) is 0 Å². The molecule has 1 N–H and O–H groups in total. The third-order valence-corrected chi connectivity index (χ3v) is 5.01. The van der Waals surface area contributed by atoms with E-state index in [4.69, 9.17) is 11.6 Å². The number of hydrogen-bond acceptors (Lipinski definition) is 4. The molecule has 1 fully saturated rings. The molecule has 0 radical (unpaired) electrons. The van der Waals surface area contributed by atoms with E-state index in [1.54, 1.807) is 4.68 Å². The smallest absolute Gasteiger partial charge is 0.234 e. The number of aromatic nitrogens is 2. The van der Waals surface area contributed by atoms with Crippen molar-refractivity contribution < 1.29 is 4.79 Å². The van der Waals surface area contributed by atoms with Gasteiger partial charge in [-0.1, -0.05) is 17.7 Å². The predicted molar refractivity (Wildman–Crippen MR) is 96.1 cm³/mol. The van der Waals surface area contributed by atoms with Gasteiger partial charge in [0.05, 0.1) is 29.3 Å². The minimum Gasteiger partial charge on any atom is -0.349 e. The van der Waals surface area contributed by atoms with E-state index in [0.717, 1.165) is 36.1 Å². The molecule has 6 nitrogen and oxygen atoms in total. The van der Waals surface area contributed by atoms with Crippen LogP contribution in [0, 0.1) is 0 Å². The number of amides is 1. The van der Waals surface area contributed by atoms with E-state index >= 15 is 0 Å². The number of rotatable bonds is 5. The maximum absolute atomic E-state index is 12.2. The van der Waals surface area contributed by atoms with Crippen molar-refractivity contribution >= 4 is 28.4 Å². The van der Waals surface area contributed by atoms with Crippen LogP contribution in [0.2, 0.25) is 5.02 Å². The highest BCUT2D eigenvalue weighted by Crippen LogP contribution is 2.26. The van der Waals surface area contributed by atoms with Gasteiger partial charge in [0.15, 0.2) is 0 Å². The van der Waals surface area contributed by atoms with Gasteiger partial charge in [-0.05, 0) is 32.6 Å². The molecule has 1 atom stereocenters. The van der Waals surface area contributed by atoms with E-state index in [0.29, 0.717) is 24.2 Å². The molecule has 1 aromatic carbocycles. The fourth-order valence-corrected chi connectivity index (χ4v) is 3.57. The van der Waals surface area contributed by atoms with Crippen LogP contribution in [0.4, 0.5) is 0 Å². The lowest BCUT2D eigenvalue weighted by molar-refractivity contribution is -0.122. The molecule has 7 heteroatoms. The number of likely N-dealkylation sites (tertiary alicyclic amines) is 1. The van der Waals surface area contributed by atoms with Gasteiger partial charge in [0.1, 0.15) is 0 Å². The van der Waals surface area contributed by atoms with E-state index in [2.05, 4.69) is 34.3 Å². The van der Waals surface area contributed by atoms with E-state index < -0.39 is 0 Å². The van der Waals surface area contributed by atoms with Gasteiger partial charge in [0.2, 0.25) is 5.91 Å². The first-order valence-electron chi connectivity index (χ1n) is 8.21. The molecular weight excluding hydrogens is 326 g/mol. The zero-order valence-electron chi connectivity index (χ0n) is 14.4. The van der Waals surface area contributed by atoms with Crippen molar-refractivity contribution in [2.45, 2.75) is 19.0 Å². The van der Waals surface area contributed by atoms with Crippen molar-refractivity contribution in [3.8, 4) is 0 Å². The summed E-state index contributed by atoms with van der Waals surface area (Å²) in [6, 6.07) is 6.27. The van der Waals surface area contributed by atoms with Gasteiger partial charge in [-0.3, -0.25) is 14.4 Å². The first kappa shape index (κ1) is 17.2. The molecule has 0 aliphatic carbocycles. The summed E-state index contributed by atoms with van der Waals surface area (Å²) in [6.07, 6.45) is 1.11. The Bertz CT molecular complexity index is 742. The van der Waals surface area contributed by atoms with Gasteiger partial charge >= 0.3 is 0 Å². The Morgan fingerprint density at radius 1 is 1.46 bits per heavy atom. The maximum atomic E-state index is 12.2. The van der Waals surface area contributed by atoms with Crippen LogP contribution >= 0.6 is 11.6 Å². The van der Waals surface area contributed by atoms with Crippen LogP contribution in [0.15, 0.2) is 18.2 Å². The van der Waals surface area contributed by atoms with E-state index in [1.165, 1.54) is 0 Å². The molecule has 1 aliphatic rings. The highest BCUT2D eigenvalue weighted by molar-refractivity contribution is 6.35. The molecule has 2 heterocycles. The normalized spacial score (nSPS) is 18.6. The largest absolute Gasteiger partial charge is 0.349 e. The van der Waals surface area contributed by atoms with Crippen LogP contribution in [0.3, 0.4) is 0 Å². The standard InChI is InChI=1S/C17H24ClN5O/c1-21(2)12-7-8-23(10-12)11-16(24)19-9-14-17-13(18)5-4-6-15(17)22(3)20-14/h4-6,12H,7-11H2,1-3H3,(H,19,24). The van der Waals surface area contributed by atoms with Crippen LogP contribution in [0.5, 0.6) is 0 Å². The summed E-state index contributed by atoms with van der Waals surface area (Å²) in [4.78, 5) is 16.7. The number of halogens is 1. The maximum Gasteiger partial charge on any atom is 0.234 e. The van der Waals surface area contributed by atoms with Gasteiger partial charge in [0, 0.05) is 31.6 Å². The van der Waals surface area contributed by atoms with Crippen molar-refractivity contribution in [3.05, 3.63) is 28.9 Å². The van der Waals surface area contributed by atoms with Gasteiger partial charge in [-0.15, -0.1) is 0 Å². The molecule has 0 spiro atoms. The molecular formula is C17H24ClN5O. The van der Waals surface area contributed by atoms with Gasteiger partial charge in [0.25, 0.3) is 0 Å². The second-order valence-corrected chi connectivity index (χ2v) is 7.03. The van der Waals surface area contributed by atoms with E-state index in [1.807, 2.05) is 25.2 Å². The number of hydrogen-bond donors (Lipinski definition) is 1. The molecule has 0 bridgehead atoms. The Morgan fingerprint density at radius 3 is 2.96 bits per heavy atom. The monoisotopic (exact) mass is 349 g/mol. The number of likely N-dealkylation sites (N-methyl/N-ethyl adjacent to an activating group) is 1. The van der Waals surface area contributed by atoms with Crippen molar-refractivity contribution in [1.82, 2.24) is 24.9 Å². The number of aryl methyl sites for hydroxylation is 1. The Morgan fingerprint density at radius 2 is 2.25 bits per heavy atom.